The zero-order valence-corrected chi connectivity index (χ0v) is 12.8. The molecule has 4 nitrogen and oxygen atoms in total. The Labute approximate surface area is 134 Å². The van der Waals surface area contributed by atoms with Gasteiger partial charge in [0.2, 0.25) is 5.95 Å². The number of hydrogen-bond acceptors (Lipinski definition) is 4. The highest BCUT2D eigenvalue weighted by atomic mass is 35.5. The van der Waals surface area contributed by atoms with Crippen LogP contribution in [-0.4, -0.2) is 9.97 Å². The van der Waals surface area contributed by atoms with E-state index < -0.39 is 0 Å². The van der Waals surface area contributed by atoms with E-state index in [1.54, 1.807) is 0 Å². The van der Waals surface area contributed by atoms with Gasteiger partial charge in [-0.15, -0.1) is 0 Å². The van der Waals surface area contributed by atoms with Gasteiger partial charge in [-0.1, -0.05) is 35.9 Å². The number of aryl methyl sites for hydroxylation is 1. The Morgan fingerprint density at radius 1 is 0.818 bits per heavy atom. The molecule has 0 spiro atoms. The summed E-state index contributed by atoms with van der Waals surface area (Å²) in [7, 11) is 0. The number of aromatic nitrogens is 2. The predicted octanol–water partition coefficient (Wildman–Crippen LogP) is 4.93. The molecule has 3 aromatic rings. The van der Waals surface area contributed by atoms with E-state index in [-0.39, 0.29) is 0 Å². The third-order valence-electron chi connectivity index (χ3n) is 2.98. The standard InChI is InChI=1S/C17H15ClN4/c1-12-10-16(20-14-7-3-2-4-8-14)22-17(19-12)21-15-9-5-6-13(18)11-15/h2-11H,1H3,(H2,19,20,21,22). The summed E-state index contributed by atoms with van der Waals surface area (Å²) in [4.78, 5) is 8.87. The van der Waals surface area contributed by atoms with Crippen molar-refractivity contribution in [1.29, 1.82) is 0 Å². The lowest BCUT2D eigenvalue weighted by Crippen LogP contribution is -2.02. The summed E-state index contributed by atoms with van der Waals surface area (Å²) in [6.07, 6.45) is 0. The first-order valence-corrected chi connectivity index (χ1v) is 7.27. The molecule has 0 unspecified atom stereocenters. The van der Waals surface area contributed by atoms with Crippen LogP contribution in [0.1, 0.15) is 5.69 Å². The smallest absolute Gasteiger partial charge is 0.229 e. The molecule has 0 amide bonds. The van der Waals surface area contributed by atoms with Crippen LogP contribution in [0.3, 0.4) is 0 Å². The maximum absolute atomic E-state index is 5.99. The molecule has 22 heavy (non-hydrogen) atoms. The monoisotopic (exact) mass is 310 g/mol. The van der Waals surface area contributed by atoms with Gasteiger partial charge in [0.25, 0.3) is 0 Å². The molecule has 3 rings (SSSR count). The third kappa shape index (κ3) is 3.74. The van der Waals surface area contributed by atoms with Crippen LogP contribution in [0.5, 0.6) is 0 Å². The predicted molar refractivity (Wildman–Crippen MR) is 91.2 cm³/mol. The average molecular weight is 311 g/mol. The van der Waals surface area contributed by atoms with Crippen LogP contribution in [0.25, 0.3) is 0 Å². The molecule has 2 aromatic carbocycles. The second-order valence-electron chi connectivity index (χ2n) is 4.84. The summed E-state index contributed by atoms with van der Waals surface area (Å²) in [5.74, 6) is 1.27. The largest absolute Gasteiger partial charge is 0.340 e. The van der Waals surface area contributed by atoms with Gasteiger partial charge in [-0.3, -0.25) is 0 Å². The second kappa shape index (κ2) is 6.45. The van der Waals surface area contributed by atoms with Crippen molar-refractivity contribution in [2.45, 2.75) is 6.92 Å². The van der Waals surface area contributed by atoms with Crippen molar-refractivity contribution in [2.24, 2.45) is 0 Å². The number of rotatable bonds is 4. The van der Waals surface area contributed by atoms with Crippen LogP contribution >= 0.6 is 11.6 Å². The summed E-state index contributed by atoms with van der Waals surface area (Å²) in [5.41, 5.74) is 2.70. The van der Waals surface area contributed by atoms with E-state index in [9.17, 15) is 0 Å². The van der Waals surface area contributed by atoms with Crippen molar-refractivity contribution >= 4 is 34.7 Å². The number of benzene rings is 2. The molecule has 5 heteroatoms. The highest BCUT2D eigenvalue weighted by molar-refractivity contribution is 6.30. The van der Waals surface area contributed by atoms with Gasteiger partial charge in [0.15, 0.2) is 0 Å². The molecule has 0 aliphatic carbocycles. The highest BCUT2D eigenvalue weighted by Gasteiger charge is 2.04. The van der Waals surface area contributed by atoms with Crippen LogP contribution < -0.4 is 10.6 Å². The van der Waals surface area contributed by atoms with E-state index in [0.29, 0.717) is 11.0 Å². The van der Waals surface area contributed by atoms with Crippen molar-refractivity contribution in [3.8, 4) is 0 Å². The van der Waals surface area contributed by atoms with Crippen LogP contribution in [-0.2, 0) is 0 Å². The van der Waals surface area contributed by atoms with Crippen molar-refractivity contribution < 1.29 is 0 Å². The minimum absolute atomic E-state index is 0.528. The molecule has 0 saturated carbocycles. The molecule has 0 atom stereocenters. The molecule has 110 valence electrons. The Kier molecular flexibility index (Phi) is 4.21. The van der Waals surface area contributed by atoms with Crippen molar-refractivity contribution in [1.82, 2.24) is 9.97 Å². The first-order valence-electron chi connectivity index (χ1n) is 6.89. The lowest BCUT2D eigenvalue weighted by Gasteiger charge is -2.10. The van der Waals surface area contributed by atoms with E-state index in [0.717, 1.165) is 22.9 Å². The fraction of sp³-hybridized carbons (Fsp3) is 0.0588. The summed E-state index contributed by atoms with van der Waals surface area (Å²) < 4.78 is 0. The zero-order chi connectivity index (χ0) is 15.4. The third-order valence-corrected chi connectivity index (χ3v) is 3.22. The Morgan fingerprint density at radius 3 is 2.36 bits per heavy atom. The Hall–Kier alpha value is -2.59. The van der Waals surface area contributed by atoms with Gasteiger partial charge >= 0.3 is 0 Å². The Morgan fingerprint density at radius 2 is 1.59 bits per heavy atom. The maximum Gasteiger partial charge on any atom is 0.229 e. The van der Waals surface area contributed by atoms with E-state index in [1.807, 2.05) is 67.6 Å². The topological polar surface area (TPSA) is 49.8 Å². The molecule has 0 bridgehead atoms. The molecule has 1 aromatic heterocycles. The fourth-order valence-corrected chi connectivity index (χ4v) is 2.24. The average Bonchev–Trinajstić information content (AvgIpc) is 2.47. The molecule has 0 aliphatic rings. The van der Waals surface area contributed by atoms with Gasteiger partial charge in [0, 0.05) is 28.2 Å². The van der Waals surface area contributed by atoms with Gasteiger partial charge in [0.1, 0.15) is 5.82 Å². The van der Waals surface area contributed by atoms with Crippen LogP contribution in [0.2, 0.25) is 5.02 Å². The van der Waals surface area contributed by atoms with Gasteiger partial charge in [-0.2, -0.15) is 4.98 Å². The van der Waals surface area contributed by atoms with Crippen LogP contribution in [0, 0.1) is 6.92 Å². The minimum atomic E-state index is 0.528. The summed E-state index contributed by atoms with van der Waals surface area (Å²) in [6.45, 7) is 1.93. The summed E-state index contributed by atoms with van der Waals surface area (Å²) in [5, 5.41) is 7.10. The lowest BCUT2D eigenvalue weighted by atomic mass is 10.3. The summed E-state index contributed by atoms with van der Waals surface area (Å²) in [6, 6.07) is 19.2. The molecule has 0 saturated heterocycles. The van der Waals surface area contributed by atoms with Gasteiger partial charge < -0.3 is 10.6 Å². The second-order valence-corrected chi connectivity index (χ2v) is 5.28. The van der Waals surface area contributed by atoms with E-state index >= 15 is 0 Å². The summed E-state index contributed by atoms with van der Waals surface area (Å²) >= 11 is 5.99. The SMILES string of the molecule is Cc1cc(Nc2ccccc2)nc(Nc2cccc(Cl)c2)n1. The molecule has 0 radical (unpaired) electrons. The zero-order valence-electron chi connectivity index (χ0n) is 12.0. The first-order chi connectivity index (χ1) is 10.7. The van der Waals surface area contributed by atoms with Crippen LogP contribution in [0.4, 0.5) is 23.1 Å². The Balaban J connectivity index is 1.83. The van der Waals surface area contributed by atoms with E-state index in [4.69, 9.17) is 11.6 Å². The molecular formula is C17H15ClN4. The highest BCUT2D eigenvalue weighted by Crippen LogP contribution is 2.20. The number of nitrogens with zero attached hydrogens (tertiary/aromatic N) is 2. The lowest BCUT2D eigenvalue weighted by molar-refractivity contribution is 1.11. The number of halogens is 1. The van der Waals surface area contributed by atoms with Crippen molar-refractivity contribution in [3.63, 3.8) is 0 Å². The van der Waals surface area contributed by atoms with E-state index in [2.05, 4.69) is 20.6 Å². The van der Waals surface area contributed by atoms with Gasteiger partial charge in [-0.25, -0.2) is 4.98 Å². The number of hydrogen-bond donors (Lipinski definition) is 2. The molecule has 0 fully saturated rings. The Bertz CT molecular complexity index is 775. The number of para-hydroxylation sites is 1. The van der Waals surface area contributed by atoms with Crippen LogP contribution in [0.15, 0.2) is 60.7 Å². The molecule has 2 N–H and O–H groups in total. The fourth-order valence-electron chi connectivity index (χ4n) is 2.05. The number of nitrogens with one attached hydrogen (secondary N) is 2. The first kappa shape index (κ1) is 14.4. The molecule has 0 aliphatic heterocycles. The minimum Gasteiger partial charge on any atom is -0.340 e. The van der Waals surface area contributed by atoms with Crippen molar-refractivity contribution in [2.75, 3.05) is 10.6 Å². The quantitative estimate of drug-likeness (QED) is 0.717. The van der Waals surface area contributed by atoms with Gasteiger partial charge in [-0.05, 0) is 37.3 Å². The van der Waals surface area contributed by atoms with E-state index in [1.165, 1.54) is 0 Å². The maximum atomic E-state index is 5.99. The normalized spacial score (nSPS) is 10.3. The number of anilines is 4. The van der Waals surface area contributed by atoms with Gasteiger partial charge in [0.05, 0.1) is 0 Å². The molecule has 1 heterocycles. The van der Waals surface area contributed by atoms with Crippen molar-refractivity contribution in [3.05, 3.63) is 71.4 Å². The molecular weight excluding hydrogens is 296 g/mol.